The van der Waals surface area contributed by atoms with Gasteiger partial charge in [0.15, 0.2) is 5.96 Å². The van der Waals surface area contributed by atoms with Crippen LogP contribution in [-0.2, 0) is 15.7 Å². The zero-order valence-corrected chi connectivity index (χ0v) is 19.0. The van der Waals surface area contributed by atoms with Crippen molar-refractivity contribution >= 4 is 11.9 Å². The number of aliphatic imine (C=N–C) groups is 1. The Morgan fingerprint density at radius 1 is 1.09 bits per heavy atom. The lowest BCUT2D eigenvalue weighted by Crippen LogP contribution is -2.52. The Labute approximate surface area is 197 Å². The van der Waals surface area contributed by atoms with Gasteiger partial charge in [-0.15, -0.1) is 0 Å². The van der Waals surface area contributed by atoms with E-state index in [1.807, 2.05) is 55.5 Å². The maximum absolute atomic E-state index is 13.8. The monoisotopic (exact) mass is 453 g/mol. The van der Waals surface area contributed by atoms with E-state index in [-0.39, 0.29) is 11.9 Å². The molecule has 1 saturated carbocycles. The SMILES string of the molecule is CN1C(=O)[C@H](c2ccc(C3(C#N)CC3)cc2)[C@@](C)(c2cccc(-c3cncc(F)c3)c2)N=C1N. The first kappa shape index (κ1) is 21.8. The van der Waals surface area contributed by atoms with Gasteiger partial charge in [0.25, 0.3) is 0 Å². The number of amides is 1. The zero-order chi connectivity index (χ0) is 24.1. The van der Waals surface area contributed by atoms with Crippen LogP contribution in [0.4, 0.5) is 4.39 Å². The molecule has 0 unspecified atom stereocenters. The lowest BCUT2D eigenvalue weighted by molar-refractivity contribution is -0.130. The van der Waals surface area contributed by atoms with Crippen LogP contribution in [0.5, 0.6) is 0 Å². The van der Waals surface area contributed by atoms with E-state index in [9.17, 15) is 14.4 Å². The molecule has 2 N–H and O–H groups in total. The van der Waals surface area contributed by atoms with Crippen molar-refractivity contribution in [2.45, 2.75) is 36.6 Å². The number of benzene rings is 2. The fraction of sp³-hybridized carbons (Fsp3) is 0.259. The third-order valence-electron chi connectivity index (χ3n) is 7.08. The molecule has 1 aromatic heterocycles. The predicted octanol–water partition coefficient (Wildman–Crippen LogP) is 4.23. The molecule has 1 aliphatic heterocycles. The van der Waals surface area contributed by atoms with Gasteiger partial charge >= 0.3 is 0 Å². The molecule has 0 saturated heterocycles. The molecule has 6 nitrogen and oxygen atoms in total. The maximum Gasteiger partial charge on any atom is 0.239 e. The summed E-state index contributed by atoms with van der Waals surface area (Å²) in [5, 5.41) is 9.53. The first-order valence-electron chi connectivity index (χ1n) is 11.1. The average Bonchev–Trinajstić information content (AvgIpc) is 3.65. The van der Waals surface area contributed by atoms with Crippen molar-refractivity contribution in [3.8, 4) is 17.2 Å². The highest BCUT2D eigenvalue weighted by molar-refractivity contribution is 6.02. The Balaban J connectivity index is 1.61. The minimum Gasteiger partial charge on any atom is -0.369 e. The molecule has 1 aliphatic carbocycles. The molecule has 2 heterocycles. The second kappa shape index (κ2) is 7.77. The standard InChI is InChI=1S/C27H24FN5O/c1-26(21-5-3-4-18(12-21)19-13-22(28)15-31-14-19)23(24(34)33(2)25(30)32-26)17-6-8-20(9-7-17)27(16-29)10-11-27/h3-9,12-15,23H,10-11H2,1-2H3,(H2,30,32)/t23-,26+/m0/s1. The third kappa shape index (κ3) is 3.43. The molecule has 2 aromatic carbocycles. The summed E-state index contributed by atoms with van der Waals surface area (Å²) in [5.41, 5.74) is 8.72. The number of nitriles is 1. The summed E-state index contributed by atoms with van der Waals surface area (Å²) < 4.78 is 13.8. The van der Waals surface area contributed by atoms with E-state index in [0.717, 1.165) is 41.3 Å². The highest BCUT2D eigenvalue weighted by atomic mass is 19.1. The zero-order valence-electron chi connectivity index (χ0n) is 19.0. The Morgan fingerprint density at radius 2 is 1.82 bits per heavy atom. The second-order valence-corrected chi connectivity index (χ2v) is 9.24. The maximum atomic E-state index is 13.8. The predicted molar refractivity (Wildman–Crippen MR) is 127 cm³/mol. The van der Waals surface area contributed by atoms with Gasteiger partial charge in [0.1, 0.15) is 11.4 Å². The first-order valence-corrected chi connectivity index (χ1v) is 11.1. The first-order chi connectivity index (χ1) is 16.3. The second-order valence-electron chi connectivity index (χ2n) is 9.24. The van der Waals surface area contributed by atoms with Crippen molar-refractivity contribution in [1.29, 1.82) is 5.26 Å². The van der Waals surface area contributed by atoms with Crippen LogP contribution in [0.3, 0.4) is 0 Å². The molecule has 5 rings (SSSR count). The lowest BCUT2D eigenvalue weighted by Gasteiger charge is -2.41. The van der Waals surface area contributed by atoms with Crippen molar-refractivity contribution in [1.82, 2.24) is 9.88 Å². The minimum absolute atomic E-state index is 0.139. The van der Waals surface area contributed by atoms with E-state index in [1.54, 1.807) is 13.2 Å². The van der Waals surface area contributed by atoms with Crippen molar-refractivity contribution in [2.75, 3.05) is 7.05 Å². The largest absolute Gasteiger partial charge is 0.369 e. The van der Waals surface area contributed by atoms with Crippen molar-refractivity contribution in [2.24, 2.45) is 10.7 Å². The van der Waals surface area contributed by atoms with Gasteiger partial charge < -0.3 is 5.73 Å². The topological polar surface area (TPSA) is 95.4 Å². The van der Waals surface area contributed by atoms with Crippen LogP contribution in [0, 0.1) is 17.1 Å². The molecule has 34 heavy (non-hydrogen) atoms. The summed E-state index contributed by atoms with van der Waals surface area (Å²) in [4.78, 5) is 23.6. The Morgan fingerprint density at radius 3 is 2.47 bits per heavy atom. The molecule has 170 valence electrons. The number of nitrogens with two attached hydrogens (primary N) is 1. The van der Waals surface area contributed by atoms with Crippen LogP contribution >= 0.6 is 0 Å². The van der Waals surface area contributed by atoms with E-state index in [2.05, 4.69) is 11.1 Å². The average molecular weight is 454 g/mol. The Bertz CT molecular complexity index is 1360. The summed E-state index contributed by atoms with van der Waals surface area (Å²) in [5.74, 6) is -1.08. The fourth-order valence-corrected chi connectivity index (χ4v) is 4.79. The summed E-state index contributed by atoms with van der Waals surface area (Å²) in [6, 6.07) is 19.1. The summed E-state index contributed by atoms with van der Waals surface area (Å²) in [6.07, 6.45) is 4.47. The number of likely N-dealkylation sites (N-methyl/N-ethyl adjacent to an activating group) is 1. The molecule has 0 bridgehead atoms. The quantitative estimate of drug-likeness (QED) is 0.640. The number of nitrogens with zero attached hydrogens (tertiary/aromatic N) is 4. The molecule has 0 radical (unpaired) electrons. The van der Waals surface area contributed by atoms with Crippen LogP contribution in [0.2, 0.25) is 0 Å². The van der Waals surface area contributed by atoms with Gasteiger partial charge in [0.2, 0.25) is 5.91 Å². The number of pyridine rings is 1. The van der Waals surface area contributed by atoms with E-state index in [1.165, 1.54) is 11.0 Å². The Hall–Kier alpha value is -4.05. The van der Waals surface area contributed by atoms with Gasteiger partial charge in [0, 0.05) is 18.8 Å². The number of carbonyl (C=O) groups excluding carboxylic acids is 1. The number of hydrogen-bond acceptors (Lipinski definition) is 5. The number of aromatic nitrogens is 1. The van der Waals surface area contributed by atoms with Crippen LogP contribution in [0.15, 0.2) is 72.0 Å². The number of guanidine groups is 1. The highest BCUT2D eigenvalue weighted by Crippen LogP contribution is 2.49. The van der Waals surface area contributed by atoms with Crippen molar-refractivity contribution in [3.05, 3.63) is 89.5 Å². The molecular formula is C27H24FN5O. The van der Waals surface area contributed by atoms with E-state index in [4.69, 9.17) is 10.7 Å². The highest BCUT2D eigenvalue weighted by Gasteiger charge is 2.48. The fourth-order valence-electron chi connectivity index (χ4n) is 4.79. The number of rotatable bonds is 4. The van der Waals surface area contributed by atoms with E-state index in [0.29, 0.717) is 5.56 Å². The van der Waals surface area contributed by atoms with Gasteiger partial charge in [-0.1, -0.05) is 42.5 Å². The molecule has 1 amide bonds. The number of halogens is 1. The third-order valence-corrected chi connectivity index (χ3v) is 7.08. The lowest BCUT2D eigenvalue weighted by atomic mass is 9.73. The van der Waals surface area contributed by atoms with Crippen molar-refractivity contribution in [3.63, 3.8) is 0 Å². The van der Waals surface area contributed by atoms with Gasteiger partial charge in [0.05, 0.1) is 23.6 Å². The van der Waals surface area contributed by atoms with Crippen LogP contribution in [0.25, 0.3) is 11.1 Å². The Kier molecular flexibility index (Phi) is 4.98. The van der Waals surface area contributed by atoms with E-state index < -0.39 is 22.7 Å². The van der Waals surface area contributed by atoms with E-state index >= 15 is 0 Å². The number of hydrogen-bond donors (Lipinski definition) is 1. The molecular weight excluding hydrogens is 429 g/mol. The summed E-state index contributed by atoms with van der Waals surface area (Å²) in [6.45, 7) is 1.89. The normalized spacial score (nSPS) is 23.2. The number of carbonyl (C=O) groups is 1. The van der Waals surface area contributed by atoms with Crippen molar-refractivity contribution < 1.29 is 9.18 Å². The molecule has 7 heteroatoms. The summed E-state index contributed by atoms with van der Waals surface area (Å²) in [7, 11) is 1.62. The molecule has 0 spiro atoms. The van der Waals surface area contributed by atoms with Crippen LogP contribution in [0.1, 0.15) is 42.4 Å². The molecule has 3 aromatic rings. The van der Waals surface area contributed by atoms with Gasteiger partial charge in [-0.3, -0.25) is 14.7 Å². The van der Waals surface area contributed by atoms with Gasteiger partial charge in [-0.2, -0.15) is 5.26 Å². The molecule has 2 atom stereocenters. The summed E-state index contributed by atoms with van der Waals surface area (Å²) >= 11 is 0. The smallest absolute Gasteiger partial charge is 0.239 e. The molecule has 2 aliphatic rings. The van der Waals surface area contributed by atoms with Gasteiger partial charge in [-0.05, 0) is 54.2 Å². The van der Waals surface area contributed by atoms with Gasteiger partial charge in [-0.25, -0.2) is 9.38 Å². The van der Waals surface area contributed by atoms with Crippen LogP contribution < -0.4 is 5.73 Å². The van der Waals surface area contributed by atoms with Crippen LogP contribution in [-0.4, -0.2) is 28.8 Å². The molecule has 1 fully saturated rings. The minimum atomic E-state index is -0.988.